The van der Waals surface area contributed by atoms with Crippen LogP contribution >= 0.6 is 23.2 Å². The summed E-state index contributed by atoms with van der Waals surface area (Å²) in [6.07, 6.45) is -0.714. The minimum Gasteiger partial charge on any atom is -0.490 e. The number of benzene rings is 2. The number of amides is 1. The fourth-order valence-electron chi connectivity index (χ4n) is 1.94. The molecule has 4 nitrogen and oxygen atoms in total. The molecular formula is C17H17Cl2NO3. The number of ether oxygens (including phenoxy) is 2. The van der Waals surface area contributed by atoms with Gasteiger partial charge in [0, 0.05) is 15.7 Å². The molecule has 122 valence electrons. The van der Waals surface area contributed by atoms with E-state index in [9.17, 15) is 4.79 Å². The number of hydrogen-bond acceptors (Lipinski definition) is 3. The Bertz CT molecular complexity index is 671. The van der Waals surface area contributed by atoms with Crippen LogP contribution in [0.5, 0.6) is 11.5 Å². The second kappa shape index (κ2) is 8.09. The molecular weight excluding hydrogens is 337 g/mol. The number of rotatable bonds is 6. The van der Waals surface area contributed by atoms with Crippen LogP contribution < -0.4 is 14.8 Å². The molecule has 0 saturated heterocycles. The van der Waals surface area contributed by atoms with Gasteiger partial charge in [-0.2, -0.15) is 0 Å². The Hall–Kier alpha value is -1.91. The minimum absolute atomic E-state index is 0.311. The van der Waals surface area contributed by atoms with Gasteiger partial charge in [0.2, 0.25) is 0 Å². The molecule has 0 spiro atoms. The summed E-state index contributed by atoms with van der Waals surface area (Å²) in [5, 5.41) is 3.62. The van der Waals surface area contributed by atoms with Gasteiger partial charge >= 0.3 is 0 Å². The average Bonchev–Trinajstić information content (AvgIpc) is 2.48. The zero-order valence-electron chi connectivity index (χ0n) is 12.8. The van der Waals surface area contributed by atoms with E-state index in [1.54, 1.807) is 37.3 Å². The minimum atomic E-state index is -0.714. The molecule has 6 heteroatoms. The van der Waals surface area contributed by atoms with E-state index in [0.717, 1.165) is 0 Å². The lowest BCUT2D eigenvalue weighted by Crippen LogP contribution is -2.30. The molecule has 2 aromatic rings. The highest BCUT2D eigenvalue weighted by molar-refractivity contribution is 6.35. The van der Waals surface area contributed by atoms with Crippen LogP contribution in [-0.2, 0) is 4.79 Å². The molecule has 1 N–H and O–H groups in total. The van der Waals surface area contributed by atoms with E-state index in [2.05, 4.69) is 5.32 Å². The Labute approximate surface area is 145 Å². The van der Waals surface area contributed by atoms with E-state index in [-0.39, 0.29) is 5.91 Å². The predicted molar refractivity (Wildman–Crippen MR) is 92.8 cm³/mol. The van der Waals surface area contributed by atoms with Crippen LogP contribution in [0.2, 0.25) is 10.0 Å². The lowest BCUT2D eigenvalue weighted by Gasteiger charge is -2.17. The van der Waals surface area contributed by atoms with Gasteiger partial charge in [-0.15, -0.1) is 0 Å². The lowest BCUT2D eigenvalue weighted by molar-refractivity contribution is -0.122. The lowest BCUT2D eigenvalue weighted by atomic mass is 10.3. The normalized spacial score (nSPS) is 11.7. The number of nitrogens with one attached hydrogen (secondary N) is 1. The van der Waals surface area contributed by atoms with E-state index in [1.165, 1.54) is 0 Å². The maximum Gasteiger partial charge on any atom is 0.265 e. The van der Waals surface area contributed by atoms with Gasteiger partial charge in [0.15, 0.2) is 17.6 Å². The highest BCUT2D eigenvalue weighted by atomic mass is 35.5. The molecule has 0 aromatic heterocycles. The predicted octanol–water partition coefficient (Wildman–Crippen LogP) is 4.80. The molecule has 1 atom stereocenters. The standard InChI is InChI=1S/C17H17Cl2NO3/c1-3-22-15-6-4-5-7-16(15)23-11(2)17(21)20-14-9-12(18)8-13(19)10-14/h4-11H,3H2,1-2H3,(H,20,21)/t11-/m0/s1. The van der Waals surface area contributed by atoms with Crippen molar-refractivity contribution in [1.29, 1.82) is 0 Å². The zero-order chi connectivity index (χ0) is 16.8. The maximum atomic E-state index is 12.2. The van der Waals surface area contributed by atoms with Crippen molar-refractivity contribution in [3.63, 3.8) is 0 Å². The summed E-state index contributed by atoms with van der Waals surface area (Å²) in [6.45, 7) is 4.06. The monoisotopic (exact) mass is 353 g/mol. The van der Waals surface area contributed by atoms with Gasteiger partial charge in [-0.05, 0) is 44.2 Å². The zero-order valence-corrected chi connectivity index (χ0v) is 14.3. The van der Waals surface area contributed by atoms with Crippen LogP contribution in [-0.4, -0.2) is 18.6 Å². The van der Waals surface area contributed by atoms with Crippen molar-refractivity contribution in [3.8, 4) is 11.5 Å². The summed E-state index contributed by atoms with van der Waals surface area (Å²) >= 11 is 11.8. The molecule has 0 unspecified atom stereocenters. The number of hydrogen-bond donors (Lipinski definition) is 1. The first-order chi connectivity index (χ1) is 11.0. The molecule has 0 aliphatic heterocycles. The number of para-hydroxylation sites is 2. The Morgan fingerprint density at radius 3 is 2.35 bits per heavy atom. The molecule has 2 aromatic carbocycles. The topological polar surface area (TPSA) is 47.6 Å². The molecule has 0 saturated carbocycles. The second-order valence-electron chi connectivity index (χ2n) is 4.79. The van der Waals surface area contributed by atoms with Crippen LogP contribution in [0.4, 0.5) is 5.69 Å². The summed E-state index contributed by atoms with van der Waals surface area (Å²) < 4.78 is 11.2. The van der Waals surface area contributed by atoms with Crippen molar-refractivity contribution in [1.82, 2.24) is 0 Å². The average molecular weight is 354 g/mol. The van der Waals surface area contributed by atoms with Crippen molar-refractivity contribution >= 4 is 34.8 Å². The van der Waals surface area contributed by atoms with E-state index in [1.807, 2.05) is 19.1 Å². The van der Waals surface area contributed by atoms with Gasteiger partial charge in [-0.25, -0.2) is 0 Å². The molecule has 0 heterocycles. The molecule has 2 rings (SSSR count). The summed E-state index contributed by atoms with van der Waals surface area (Å²) in [5.74, 6) is 0.802. The van der Waals surface area contributed by atoms with E-state index >= 15 is 0 Å². The fraction of sp³-hybridized carbons (Fsp3) is 0.235. The Morgan fingerprint density at radius 2 is 1.74 bits per heavy atom. The quantitative estimate of drug-likeness (QED) is 0.811. The van der Waals surface area contributed by atoms with Gasteiger partial charge in [-0.3, -0.25) is 4.79 Å². The Balaban J connectivity index is 2.05. The van der Waals surface area contributed by atoms with Gasteiger partial charge < -0.3 is 14.8 Å². The van der Waals surface area contributed by atoms with Crippen LogP contribution in [0.25, 0.3) is 0 Å². The fourth-order valence-corrected chi connectivity index (χ4v) is 2.46. The largest absolute Gasteiger partial charge is 0.490 e. The molecule has 23 heavy (non-hydrogen) atoms. The van der Waals surface area contributed by atoms with Gasteiger partial charge in [0.1, 0.15) is 0 Å². The molecule has 1 amide bonds. The van der Waals surface area contributed by atoms with Crippen LogP contribution in [0.1, 0.15) is 13.8 Å². The van der Waals surface area contributed by atoms with Gasteiger partial charge in [0.05, 0.1) is 6.61 Å². The third-order valence-electron chi connectivity index (χ3n) is 2.95. The third kappa shape index (κ3) is 5.05. The number of carbonyl (C=O) groups is 1. The molecule has 0 fully saturated rings. The van der Waals surface area contributed by atoms with Crippen LogP contribution in [0, 0.1) is 0 Å². The third-order valence-corrected chi connectivity index (χ3v) is 3.39. The van der Waals surface area contributed by atoms with Crippen molar-refractivity contribution in [3.05, 3.63) is 52.5 Å². The maximum absolute atomic E-state index is 12.2. The van der Waals surface area contributed by atoms with E-state index < -0.39 is 6.10 Å². The highest BCUT2D eigenvalue weighted by Crippen LogP contribution is 2.28. The summed E-state index contributed by atoms with van der Waals surface area (Å²) in [5.41, 5.74) is 0.515. The van der Waals surface area contributed by atoms with Crippen LogP contribution in [0.3, 0.4) is 0 Å². The first-order valence-electron chi connectivity index (χ1n) is 7.15. The van der Waals surface area contributed by atoms with Crippen molar-refractivity contribution in [2.75, 3.05) is 11.9 Å². The van der Waals surface area contributed by atoms with Crippen molar-refractivity contribution in [2.24, 2.45) is 0 Å². The van der Waals surface area contributed by atoms with E-state index in [0.29, 0.717) is 33.8 Å². The molecule has 0 bridgehead atoms. The Morgan fingerprint density at radius 1 is 1.13 bits per heavy atom. The SMILES string of the molecule is CCOc1ccccc1O[C@@H](C)C(=O)Nc1cc(Cl)cc(Cl)c1. The van der Waals surface area contributed by atoms with E-state index in [4.69, 9.17) is 32.7 Å². The first-order valence-corrected chi connectivity index (χ1v) is 7.90. The molecule has 0 aliphatic rings. The highest BCUT2D eigenvalue weighted by Gasteiger charge is 2.17. The number of anilines is 1. The second-order valence-corrected chi connectivity index (χ2v) is 5.66. The summed E-state index contributed by atoms with van der Waals surface area (Å²) in [6, 6.07) is 12.0. The molecule has 0 aliphatic carbocycles. The van der Waals surface area contributed by atoms with Crippen LogP contribution in [0.15, 0.2) is 42.5 Å². The smallest absolute Gasteiger partial charge is 0.265 e. The summed E-state index contributed by atoms with van der Waals surface area (Å²) in [4.78, 5) is 12.2. The van der Waals surface area contributed by atoms with Gasteiger partial charge in [0.25, 0.3) is 5.91 Å². The first kappa shape index (κ1) is 17.4. The number of halogens is 2. The van der Waals surface area contributed by atoms with Gasteiger partial charge in [-0.1, -0.05) is 35.3 Å². The van der Waals surface area contributed by atoms with Crippen molar-refractivity contribution < 1.29 is 14.3 Å². The summed E-state index contributed by atoms with van der Waals surface area (Å²) in [7, 11) is 0. The number of carbonyl (C=O) groups excluding carboxylic acids is 1. The van der Waals surface area contributed by atoms with Crippen molar-refractivity contribution in [2.45, 2.75) is 20.0 Å². The molecule has 0 radical (unpaired) electrons. The Kier molecular flexibility index (Phi) is 6.13.